The number of phenolic OH excluding ortho intramolecular Hbond substituents is 1. The van der Waals surface area contributed by atoms with Gasteiger partial charge >= 0.3 is 6.03 Å². The number of anilines is 1. The summed E-state index contributed by atoms with van der Waals surface area (Å²) in [5.41, 5.74) is 1.41. The minimum atomic E-state index is -0.363. The van der Waals surface area contributed by atoms with E-state index in [1.807, 2.05) is 32.0 Å². The Balaban J connectivity index is 1.87. The van der Waals surface area contributed by atoms with Crippen molar-refractivity contribution in [3.63, 3.8) is 0 Å². The van der Waals surface area contributed by atoms with Gasteiger partial charge in [-0.05, 0) is 50.1 Å². The molecule has 0 radical (unpaired) electrons. The van der Waals surface area contributed by atoms with Crippen molar-refractivity contribution >= 4 is 11.7 Å². The van der Waals surface area contributed by atoms with Gasteiger partial charge in [-0.1, -0.05) is 18.2 Å². The molecule has 0 spiro atoms. The first-order valence-electron chi connectivity index (χ1n) is 8.35. The molecular weight excluding hydrogens is 320 g/mol. The van der Waals surface area contributed by atoms with Crippen LogP contribution in [-0.2, 0) is 6.42 Å². The lowest BCUT2D eigenvalue weighted by atomic mass is 10.1. The predicted octanol–water partition coefficient (Wildman–Crippen LogP) is 3.55. The molecule has 0 unspecified atom stereocenters. The van der Waals surface area contributed by atoms with Crippen LogP contribution in [-0.4, -0.2) is 30.9 Å². The molecule has 2 aromatic carbocycles. The van der Waals surface area contributed by atoms with Gasteiger partial charge in [-0.25, -0.2) is 4.79 Å². The van der Waals surface area contributed by atoms with Gasteiger partial charge in [0, 0.05) is 6.54 Å². The fourth-order valence-electron chi connectivity index (χ4n) is 2.32. The second-order valence-corrected chi connectivity index (χ2v) is 5.30. The molecule has 0 heterocycles. The van der Waals surface area contributed by atoms with Crippen molar-refractivity contribution in [2.24, 2.45) is 0 Å². The number of nitrogens with one attached hydrogen (secondary N) is 2. The molecule has 0 saturated heterocycles. The maximum Gasteiger partial charge on any atom is 0.319 e. The highest BCUT2D eigenvalue weighted by Crippen LogP contribution is 2.28. The lowest BCUT2D eigenvalue weighted by Gasteiger charge is -2.13. The summed E-state index contributed by atoms with van der Waals surface area (Å²) in [4.78, 5) is 11.9. The van der Waals surface area contributed by atoms with Gasteiger partial charge in [-0.2, -0.15) is 0 Å². The number of aromatic hydroxyl groups is 1. The van der Waals surface area contributed by atoms with Crippen molar-refractivity contribution in [1.29, 1.82) is 0 Å². The fourth-order valence-corrected chi connectivity index (χ4v) is 2.32. The van der Waals surface area contributed by atoms with Crippen LogP contribution in [0.1, 0.15) is 19.4 Å². The van der Waals surface area contributed by atoms with E-state index in [4.69, 9.17) is 9.47 Å². The Morgan fingerprint density at radius 1 is 1.04 bits per heavy atom. The molecule has 2 amide bonds. The minimum Gasteiger partial charge on any atom is -0.506 e. The average molecular weight is 344 g/mol. The van der Waals surface area contributed by atoms with Crippen LogP contribution in [0.2, 0.25) is 0 Å². The number of carbonyl (C=O) groups excluding carboxylic acids is 1. The first-order valence-corrected chi connectivity index (χ1v) is 8.35. The highest BCUT2D eigenvalue weighted by atomic mass is 16.5. The normalized spacial score (nSPS) is 10.2. The lowest BCUT2D eigenvalue weighted by molar-refractivity contribution is 0.252. The molecule has 0 fully saturated rings. The highest BCUT2D eigenvalue weighted by molar-refractivity contribution is 5.90. The molecular formula is C19H24N2O4. The lowest BCUT2D eigenvalue weighted by Crippen LogP contribution is -2.30. The second kappa shape index (κ2) is 9.42. The standard InChI is InChI=1S/C19H24N2O4/c1-3-24-17-10-9-14(13-18(17)25-4-2)11-12-20-19(23)21-15-7-5-6-8-16(15)22/h5-10,13,22H,3-4,11-12H2,1-2H3,(H2,20,21,23). The van der Waals surface area contributed by atoms with Crippen LogP contribution in [0.3, 0.4) is 0 Å². The molecule has 3 N–H and O–H groups in total. The second-order valence-electron chi connectivity index (χ2n) is 5.30. The van der Waals surface area contributed by atoms with Crippen LogP contribution in [0, 0.1) is 0 Å². The van der Waals surface area contributed by atoms with Crippen molar-refractivity contribution < 1.29 is 19.4 Å². The fraction of sp³-hybridized carbons (Fsp3) is 0.316. The quantitative estimate of drug-likeness (QED) is 0.640. The van der Waals surface area contributed by atoms with E-state index in [-0.39, 0.29) is 11.8 Å². The molecule has 25 heavy (non-hydrogen) atoms. The number of urea groups is 1. The zero-order valence-corrected chi connectivity index (χ0v) is 14.5. The molecule has 2 rings (SSSR count). The van der Waals surface area contributed by atoms with Gasteiger partial charge in [-0.3, -0.25) is 0 Å². The molecule has 0 aromatic heterocycles. The van der Waals surface area contributed by atoms with Crippen LogP contribution >= 0.6 is 0 Å². The van der Waals surface area contributed by atoms with E-state index in [1.54, 1.807) is 18.2 Å². The summed E-state index contributed by atoms with van der Waals surface area (Å²) >= 11 is 0. The number of hydrogen-bond acceptors (Lipinski definition) is 4. The summed E-state index contributed by atoms with van der Waals surface area (Å²) in [5, 5.41) is 15.0. The molecule has 0 saturated carbocycles. The number of amides is 2. The highest BCUT2D eigenvalue weighted by Gasteiger charge is 2.08. The first-order chi connectivity index (χ1) is 12.1. The molecule has 134 valence electrons. The van der Waals surface area contributed by atoms with Gasteiger partial charge < -0.3 is 25.2 Å². The third-order valence-corrected chi connectivity index (χ3v) is 3.46. The van der Waals surface area contributed by atoms with E-state index < -0.39 is 0 Å². The van der Waals surface area contributed by atoms with Crippen LogP contribution in [0.4, 0.5) is 10.5 Å². The number of benzene rings is 2. The summed E-state index contributed by atoms with van der Waals surface area (Å²) in [6.45, 7) is 5.45. The predicted molar refractivity (Wildman–Crippen MR) is 97.6 cm³/mol. The van der Waals surface area contributed by atoms with Crippen molar-refractivity contribution in [3.05, 3.63) is 48.0 Å². The minimum absolute atomic E-state index is 0.0329. The number of ether oxygens (including phenoxy) is 2. The third kappa shape index (κ3) is 5.60. The van der Waals surface area contributed by atoms with Crippen molar-refractivity contribution in [1.82, 2.24) is 5.32 Å². The van der Waals surface area contributed by atoms with Crippen LogP contribution in [0.5, 0.6) is 17.2 Å². The number of rotatable bonds is 8. The number of hydrogen-bond donors (Lipinski definition) is 3. The van der Waals surface area contributed by atoms with E-state index in [0.717, 1.165) is 11.3 Å². The van der Waals surface area contributed by atoms with Gasteiger partial charge in [0.05, 0.1) is 18.9 Å². The summed E-state index contributed by atoms with van der Waals surface area (Å²) in [6.07, 6.45) is 0.653. The molecule has 6 heteroatoms. The summed E-state index contributed by atoms with van der Waals surface area (Å²) in [7, 11) is 0. The molecule has 0 bridgehead atoms. The zero-order chi connectivity index (χ0) is 18.1. The van der Waals surface area contributed by atoms with Gasteiger partial charge in [0.25, 0.3) is 0 Å². The molecule has 0 aliphatic heterocycles. The molecule has 6 nitrogen and oxygen atoms in total. The Labute approximate surface area is 147 Å². The van der Waals surface area contributed by atoms with E-state index >= 15 is 0 Å². The van der Waals surface area contributed by atoms with Gasteiger partial charge in [0.2, 0.25) is 0 Å². The van der Waals surface area contributed by atoms with Crippen LogP contribution < -0.4 is 20.1 Å². The molecule has 0 aliphatic rings. The number of carbonyl (C=O) groups is 1. The topological polar surface area (TPSA) is 79.8 Å². The number of para-hydroxylation sites is 2. The average Bonchev–Trinajstić information content (AvgIpc) is 2.59. The molecule has 0 atom stereocenters. The largest absolute Gasteiger partial charge is 0.506 e. The number of phenols is 1. The van der Waals surface area contributed by atoms with Crippen LogP contribution in [0.15, 0.2) is 42.5 Å². The van der Waals surface area contributed by atoms with Crippen molar-refractivity contribution in [3.8, 4) is 17.2 Å². The maximum atomic E-state index is 11.9. The smallest absolute Gasteiger partial charge is 0.319 e. The van der Waals surface area contributed by atoms with Gasteiger partial charge in [0.1, 0.15) is 5.75 Å². The zero-order valence-electron chi connectivity index (χ0n) is 14.5. The maximum absolute atomic E-state index is 11.9. The Morgan fingerprint density at radius 2 is 1.76 bits per heavy atom. The van der Waals surface area contributed by atoms with E-state index in [0.29, 0.717) is 37.6 Å². The Kier molecular flexibility index (Phi) is 6.95. The molecule has 0 aliphatic carbocycles. The Hall–Kier alpha value is -2.89. The first kappa shape index (κ1) is 18.4. The third-order valence-electron chi connectivity index (χ3n) is 3.46. The Bertz CT molecular complexity index is 704. The van der Waals surface area contributed by atoms with E-state index in [2.05, 4.69) is 10.6 Å². The monoisotopic (exact) mass is 344 g/mol. The van der Waals surface area contributed by atoms with Gasteiger partial charge in [-0.15, -0.1) is 0 Å². The van der Waals surface area contributed by atoms with Crippen molar-refractivity contribution in [2.45, 2.75) is 20.3 Å². The van der Waals surface area contributed by atoms with Gasteiger partial charge in [0.15, 0.2) is 11.5 Å². The van der Waals surface area contributed by atoms with Crippen LogP contribution in [0.25, 0.3) is 0 Å². The van der Waals surface area contributed by atoms with E-state index in [1.165, 1.54) is 6.07 Å². The summed E-state index contributed by atoms with van der Waals surface area (Å²) < 4.78 is 11.1. The SMILES string of the molecule is CCOc1ccc(CCNC(=O)Nc2ccccc2O)cc1OCC. The summed E-state index contributed by atoms with van der Waals surface area (Å²) in [5.74, 6) is 1.46. The Morgan fingerprint density at radius 3 is 2.48 bits per heavy atom. The molecule has 2 aromatic rings. The summed E-state index contributed by atoms with van der Waals surface area (Å²) in [6, 6.07) is 12.0. The van der Waals surface area contributed by atoms with E-state index in [9.17, 15) is 9.90 Å². The van der Waals surface area contributed by atoms with Crippen molar-refractivity contribution in [2.75, 3.05) is 25.1 Å².